The summed E-state index contributed by atoms with van der Waals surface area (Å²) in [6.07, 6.45) is 2.80. The smallest absolute Gasteiger partial charge is 0.269 e. The van der Waals surface area contributed by atoms with Gasteiger partial charge in [0.2, 0.25) is 15.9 Å². The molecule has 1 saturated heterocycles. The summed E-state index contributed by atoms with van der Waals surface area (Å²) in [7, 11) is -2.25. The molecule has 0 aliphatic carbocycles. The molecule has 1 amide bonds. The lowest BCUT2D eigenvalue weighted by Gasteiger charge is -2.05. The van der Waals surface area contributed by atoms with Gasteiger partial charge in [-0.2, -0.15) is 4.31 Å². The van der Waals surface area contributed by atoms with E-state index < -0.39 is 21.0 Å². The molecular formula is C13H15N3O5S. The Morgan fingerprint density at radius 1 is 1.36 bits per heavy atom. The highest BCUT2D eigenvalue weighted by Gasteiger charge is 2.51. The summed E-state index contributed by atoms with van der Waals surface area (Å²) >= 11 is 0. The fraction of sp³-hybridized carbons (Fsp3) is 0.308. The summed E-state index contributed by atoms with van der Waals surface area (Å²) in [6.45, 7) is 1.72. The molecule has 0 radical (unpaired) electrons. The third-order valence-electron chi connectivity index (χ3n) is 3.41. The van der Waals surface area contributed by atoms with Crippen molar-refractivity contribution in [1.29, 1.82) is 0 Å². The number of nitro groups is 1. The third-order valence-corrected chi connectivity index (χ3v) is 5.41. The molecule has 0 bridgehead atoms. The third kappa shape index (κ3) is 3.00. The Bertz CT molecular complexity index is 727. The van der Waals surface area contributed by atoms with Gasteiger partial charge in [0.1, 0.15) is 0 Å². The normalized spacial score (nSPS) is 24.2. The van der Waals surface area contributed by atoms with Crippen molar-refractivity contribution in [2.75, 3.05) is 7.05 Å². The van der Waals surface area contributed by atoms with Crippen molar-refractivity contribution in [1.82, 2.24) is 9.62 Å². The first-order valence-corrected chi connectivity index (χ1v) is 7.91. The predicted octanol–water partition coefficient (Wildman–Crippen LogP) is 0.658. The maximum absolute atomic E-state index is 12.4. The first kappa shape index (κ1) is 16.1. The lowest BCUT2D eigenvalue weighted by Crippen LogP contribution is -2.16. The Hall–Kier alpha value is -2.26. The van der Waals surface area contributed by atoms with Gasteiger partial charge in [-0.3, -0.25) is 14.9 Å². The van der Waals surface area contributed by atoms with E-state index in [1.165, 1.54) is 35.6 Å². The molecule has 1 aromatic rings. The van der Waals surface area contributed by atoms with Crippen LogP contribution in [0, 0.1) is 10.1 Å². The average molecular weight is 325 g/mol. The Labute approximate surface area is 127 Å². The van der Waals surface area contributed by atoms with Crippen molar-refractivity contribution in [3.05, 3.63) is 46.5 Å². The van der Waals surface area contributed by atoms with E-state index in [0.717, 1.165) is 12.1 Å². The zero-order valence-corrected chi connectivity index (χ0v) is 12.8. The molecule has 118 valence electrons. The van der Waals surface area contributed by atoms with Crippen LogP contribution in [0.15, 0.2) is 41.3 Å². The van der Waals surface area contributed by atoms with Crippen molar-refractivity contribution in [2.24, 2.45) is 0 Å². The van der Waals surface area contributed by atoms with Gasteiger partial charge in [0.05, 0.1) is 15.9 Å². The summed E-state index contributed by atoms with van der Waals surface area (Å²) in [5.74, 6) is -0.313. The second kappa shape index (κ2) is 5.85. The number of rotatable bonds is 5. The molecule has 0 spiro atoms. The van der Waals surface area contributed by atoms with Crippen LogP contribution in [0.25, 0.3) is 0 Å². The van der Waals surface area contributed by atoms with E-state index in [0.29, 0.717) is 0 Å². The molecule has 1 unspecified atom stereocenters. The molecule has 1 aliphatic rings. The summed E-state index contributed by atoms with van der Waals surface area (Å²) in [6, 6.07) is 4.06. The van der Waals surface area contributed by atoms with E-state index in [4.69, 9.17) is 0 Å². The number of nitrogens with zero attached hydrogens (tertiary/aromatic N) is 2. The number of non-ortho nitro benzene ring substituents is 1. The van der Waals surface area contributed by atoms with Gasteiger partial charge in [-0.1, -0.05) is 6.08 Å². The quantitative estimate of drug-likeness (QED) is 0.370. The van der Waals surface area contributed by atoms with E-state index >= 15 is 0 Å². The zero-order chi connectivity index (χ0) is 16.5. The van der Waals surface area contributed by atoms with Crippen LogP contribution in [0.3, 0.4) is 0 Å². The standard InChI is InChI=1S/C13H15N3O5S/c1-9-12(7-8-13(17)14-2)15(9)22(20,21)11-5-3-10(4-6-11)16(18)19/h3-9,12H,1-2H3,(H,14,17)/b8-7+/t9-,12-,15?/m0/s1. The number of likely N-dealkylation sites (N-methyl/N-ethyl adjacent to an activating group) is 1. The largest absolute Gasteiger partial charge is 0.356 e. The van der Waals surface area contributed by atoms with Crippen molar-refractivity contribution >= 4 is 21.6 Å². The van der Waals surface area contributed by atoms with E-state index in [9.17, 15) is 23.3 Å². The van der Waals surface area contributed by atoms with E-state index in [-0.39, 0.29) is 22.5 Å². The molecular weight excluding hydrogens is 310 g/mol. The minimum Gasteiger partial charge on any atom is -0.356 e. The summed E-state index contributed by atoms with van der Waals surface area (Å²) in [5, 5.41) is 13.0. The highest BCUT2D eigenvalue weighted by Crippen LogP contribution is 2.36. The number of nitro benzene ring substituents is 1. The molecule has 1 aromatic carbocycles. The molecule has 8 nitrogen and oxygen atoms in total. The highest BCUT2D eigenvalue weighted by molar-refractivity contribution is 7.89. The number of amides is 1. The van der Waals surface area contributed by atoms with Gasteiger partial charge in [0.15, 0.2) is 0 Å². The lowest BCUT2D eigenvalue weighted by molar-refractivity contribution is -0.384. The number of benzene rings is 1. The molecule has 1 aliphatic heterocycles. The molecule has 9 heteroatoms. The van der Waals surface area contributed by atoms with E-state index in [1.54, 1.807) is 6.92 Å². The summed E-state index contributed by atoms with van der Waals surface area (Å²) in [4.78, 5) is 21.1. The fourth-order valence-electron chi connectivity index (χ4n) is 2.10. The fourth-order valence-corrected chi connectivity index (χ4v) is 3.90. The Balaban J connectivity index is 2.19. The van der Waals surface area contributed by atoms with E-state index in [1.807, 2.05) is 0 Å². The van der Waals surface area contributed by atoms with Crippen LogP contribution in [0.1, 0.15) is 6.92 Å². The number of nitrogens with one attached hydrogen (secondary N) is 1. The SMILES string of the molecule is CNC(=O)/C=C/[C@H]1[C@H](C)N1S(=O)(=O)c1ccc([N+](=O)[O-])cc1. The monoisotopic (exact) mass is 325 g/mol. The van der Waals surface area contributed by atoms with Gasteiger partial charge in [0, 0.05) is 31.3 Å². The van der Waals surface area contributed by atoms with Gasteiger partial charge in [0.25, 0.3) is 5.69 Å². The van der Waals surface area contributed by atoms with Crippen molar-refractivity contribution in [3.8, 4) is 0 Å². The first-order valence-electron chi connectivity index (χ1n) is 6.47. The number of hydrogen-bond donors (Lipinski definition) is 1. The zero-order valence-electron chi connectivity index (χ0n) is 12.0. The van der Waals surface area contributed by atoms with Crippen molar-refractivity contribution in [2.45, 2.75) is 23.9 Å². The van der Waals surface area contributed by atoms with Crippen LogP contribution in [-0.4, -0.2) is 42.7 Å². The molecule has 2 rings (SSSR count). The molecule has 22 heavy (non-hydrogen) atoms. The van der Waals surface area contributed by atoms with Gasteiger partial charge in [-0.05, 0) is 19.1 Å². The van der Waals surface area contributed by atoms with Gasteiger partial charge < -0.3 is 5.32 Å². The second-order valence-electron chi connectivity index (χ2n) is 4.79. The molecule has 0 saturated carbocycles. The lowest BCUT2D eigenvalue weighted by atomic mass is 10.3. The Kier molecular flexibility index (Phi) is 4.29. The Morgan fingerprint density at radius 3 is 2.45 bits per heavy atom. The number of hydrogen-bond acceptors (Lipinski definition) is 5. The molecule has 1 heterocycles. The maximum Gasteiger partial charge on any atom is 0.269 e. The van der Waals surface area contributed by atoms with Crippen molar-refractivity contribution < 1.29 is 18.1 Å². The predicted molar refractivity (Wildman–Crippen MR) is 78.6 cm³/mol. The average Bonchev–Trinajstić information content (AvgIpc) is 3.15. The topological polar surface area (TPSA) is 109 Å². The molecule has 1 N–H and O–H groups in total. The summed E-state index contributed by atoms with van der Waals surface area (Å²) in [5.41, 5.74) is -0.172. The second-order valence-corrected chi connectivity index (χ2v) is 6.63. The Morgan fingerprint density at radius 2 is 1.95 bits per heavy atom. The number of carbonyl (C=O) groups is 1. The van der Waals surface area contributed by atoms with Crippen LogP contribution in [0.5, 0.6) is 0 Å². The first-order chi connectivity index (χ1) is 10.3. The number of carbonyl (C=O) groups excluding carboxylic acids is 1. The van der Waals surface area contributed by atoms with Crippen LogP contribution < -0.4 is 5.32 Å². The molecule has 3 atom stereocenters. The molecule has 0 aromatic heterocycles. The maximum atomic E-state index is 12.4. The molecule has 1 fully saturated rings. The number of sulfonamides is 1. The van der Waals surface area contributed by atoms with Gasteiger partial charge in [-0.15, -0.1) is 0 Å². The minimum atomic E-state index is -3.73. The van der Waals surface area contributed by atoms with Crippen LogP contribution in [0.2, 0.25) is 0 Å². The van der Waals surface area contributed by atoms with Crippen molar-refractivity contribution in [3.63, 3.8) is 0 Å². The highest BCUT2D eigenvalue weighted by atomic mass is 32.2. The van der Waals surface area contributed by atoms with Crippen LogP contribution in [0.4, 0.5) is 5.69 Å². The summed E-state index contributed by atoms with van der Waals surface area (Å²) < 4.78 is 26.1. The van der Waals surface area contributed by atoms with Crippen LogP contribution in [-0.2, 0) is 14.8 Å². The van der Waals surface area contributed by atoms with E-state index in [2.05, 4.69) is 5.32 Å². The van der Waals surface area contributed by atoms with Crippen LogP contribution >= 0.6 is 0 Å². The van der Waals surface area contributed by atoms with Gasteiger partial charge in [-0.25, -0.2) is 8.42 Å². The van der Waals surface area contributed by atoms with Gasteiger partial charge >= 0.3 is 0 Å². The minimum absolute atomic E-state index is 0.0132.